The second-order valence-corrected chi connectivity index (χ2v) is 11.1. The smallest absolute Gasteiger partial charge is 0.266 e. The topological polar surface area (TPSA) is 80.9 Å². The lowest BCUT2D eigenvalue weighted by Crippen LogP contribution is -2.53. The van der Waals surface area contributed by atoms with Crippen LogP contribution in [0.4, 0.5) is 8.78 Å². The van der Waals surface area contributed by atoms with Crippen molar-refractivity contribution in [3.8, 4) is 0 Å². The van der Waals surface area contributed by atoms with E-state index in [9.17, 15) is 18.7 Å². The first-order chi connectivity index (χ1) is 14.7. The van der Waals surface area contributed by atoms with Crippen LogP contribution < -0.4 is 0 Å². The van der Waals surface area contributed by atoms with E-state index in [1.165, 1.54) is 0 Å². The van der Waals surface area contributed by atoms with Gasteiger partial charge in [-0.05, 0) is 110 Å². The molecule has 0 saturated heterocycles. The molecule has 6 nitrogen and oxygen atoms in total. The van der Waals surface area contributed by atoms with E-state index in [1.807, 2.05) is 6.92 Å². The summed E-state index contributed by atoms with van der Waals surface area (Å²) in [5.74, 6) is 3.33. The van der Waals surface area contributed by atoms with Crippen molar-refractivity contribution in [2.24, 2.45) is 40.9 Å². The lowest BCUT2D eigenvalue weighted by atomic mass is 9.49. The highest BCUT2D eigenvalue weighted by Crippen LogP contribution is 2.64. The first-order valence-electron chi connectivity index (χ1n) is 12.0. The van der Waals surface area contributed by atoms with Crippen molar-refractivity contribution in [3.05, 3.63) is 5.82 Å². The van der Waals surface area contributed by atoms with Crippen molar-refractivity contribution in [1.29, 1.82) is 0 Å². The third-order valence-electron chi connectivity index (χ3n) is 9.86. The van der Waals surface area contributed by atoms with Gasteiger partial charge in [0.25, 0.3) is 6.43 Å². The quantitative estimate of drug-likeness (QED) is 0.776. The molecular formula is C23H34F2N4O2. The monoisotopic (exact) mass is 436 g/mol. The fraction of sp³-hybridized carbons (Fsp3) is 0.913. The Kier molecular flexibility index (Phi) is 5.22. The lowest BCUT2D eigenvalue weighted by Gasteiger charge is -2.57. The molecule has 0 aliphatic heterocycles. The number of aliphatic hydroxyl groups is 1. The molecule has 31 heavy (non-hydrogen) atoms. The maximum Gasteiger partial charge on any atom is 0.266 e. The Balaban J connectivity index is 1.30. The van der Waals surface area contributed by atoms with Gasteiger partial charge in [0.2, 0.25) is 0 Å². The van der Waals surface area contributed by atoms with E-state index in [1.54, 1.807) is 4.68 Å². The summed E-state index contributed by atoms with van der Waals surface area (Å²) >= 11 is 0. The van der Waals surface area contributed by atoms with E-state index in [0.717, 1.165) is 44.9 Å². The van der Waals surface area contributed by atoms with Gasteiger partial charge in [0.1, 0.15) is 18.0 Å². The van der Waals surface area contributed by atoms with Gasteiger partial charge in [0.15, 0.2) is 5.78 Å². The van der Waals surface area contributed by atoms with Gasteiger partial charge >= 0.3 is 0 Å². The maximum absolute atomic E-state index is 13.4. The minimum absolute atomic E-state index is 0.0192. The van der Waals surface area contributed by atoms with Crippen LogP contribution in [0.1, 0.15) is 70.5 Å². The Morgan fingerprint density at radius 1 is 1.13 bits per heavy atom. The maximum atomic E-state index is 13.4. The molecule has 4 fully saturated rings. The number of nitrogens with zero attached hydrogens (tertiary/aromatic N) is 4. The Morgan fingerprint density at radius 3 is 2.61 bits per heavy atom. The van der Waals surface area contributed by atoms with Crippen molar-refractivity contribution < 1.29 is 18.7 Å². The number of hydrogen-bond acceptors (Lipinski definition) is 5. The summed E-state index contributed by atoms with van der Waals surface area (Å²) in [5, 5.41) is 21.9. The summed E-state index contributed by atoms with van der Waals surface area (Å²) < 4.78 is 28.4. The Bertz CT molecular complexity index is 847. The number of aromatic nitrogens is 4. The summed E-state index contributed by atoms with van der Waals surface area (Å²) in [7, 11) is 0. The molecule has 1 unspecified atom stereocenters. The van der Waals surface area contributed by atoms with Gasteiger partial charge in [-0.1, -0.05) is 6.92 Å². The minimum atomic E-state index is -2.65. The van der Waals surface area contributed by atoms with Crippen molar-refractivity contribution >= 4 is 5.78 Å². The number of aryl methyl sites for hydroxylation is 1. The summed E-state index contributed by atoms with van der Waals surface area (Å²) in [5.41, 5.74) is -1.76. The average Bonchev–Trinajstić information content (AvgIpc) is 3.29. The number of fused-ring (bicyclic) bond motifs is 5. The van der Waals surface area contributed by atoms with E-state index >= 15 is 0 Å². The molecule has 0 aromatic carbocycles. The number of carbonyl (C=O) groups excluding carboxylic acids is 1. The van der Waals surface area contributed by atoms with Gasteiger partial charge in [-0.2, -0.15) is 0 Å². The van der Waals surface area contributed by atoms with Crippen LogP contribution in [-0.2, 0) is 11.3 Å². The van der Waals surface area contributed by atoms with Crippen molar-refractivity contribution in [3.63, 3.8) is 0 Å². The summed E-state index contributed by atoms with van der Waals surface area (Å²) in [6.45, 7) is 4.38. The van der Waals surface area contributed by atoms with Crippen LogP contribution in [0.15, 0.2) is 0 Å². The lowest BCUT2D eigenvalue weighted by molar-refractivity contribution is -0.160. The molecule has 8 atom stereocenters. The van der Waals surface area contributed by atoms with Gasteiger partial charge in [-0.15, -0.1) is 5.10 Å². The van der Waals surface area contributed by atoms with Crippen LogP contribution in [0.3, 0.4) is 0 Å². The number of ketones is 1. The van der Waals surface area contributed by atoms with E-state index < -0.39 is 12.0 Å². The van der Waals surface area contributed by atoms with Crippen molar-refractivity contribution in [2.45, 2.75) is 90.2 Å². The van der Waals surface area contributed by atoms with Crippen LogP contribution >= 0.6 is 0 Å². The molecule has 4 saturated carbocycles. The third-order valence-corrected chi connectivity index (χ3v) is 9.86. The number of rotatable bonds is 4. The van der Waals surface area contributed by atoms with E-state index in [-0.39, 0.29) is 42.4 Å². The molecule has 8 heteroatoms. The normalized spacial score (nSPS) is 44.6. The first-order valence-corrected chi connectivity index (χ1v) is 12.0. The molecule has 4 aliphatic rings. The number of carbonyl (C=O) groups is 1. The summed E-state index contributed by atoms with van der Waals surface area (Å²) in [6.07, 6.45) is 4.68. The summed E-state index contributed by atoms with van der Waals surface area (Å²) in [4.78, 5) is 13.2. The number of Topliss-reactive ketones (excluding diaryl/α,β-unsaturated/α-hetero) is 1. The molecule has 1 aromatic rings. The van der Waals surface area contributed by atoms with E-state index in [4.69, 9.17) is 0 Å². The van der Waals surface area contributed by atoms with Crippen molar-refractivity contribution in [2.75, 3.05) is 0 Å². The van der Waals surface area contributed by atoms with Gasteiger partial charge in [0, 0.05) is 5.92 Å². The van der Waals surface area contributed by atoms with Crippen LogP contribution in [0.5, 0.6) is 0 Å². The molecule has 0 radical (unpaired) electrons. The molecule has 5 rings (SSSR count). The largest absolute Gasteiger partial charge is 0.384 e. The third kappa shape index (κ3) is 3.35. The highest BCUT2D eigenvalue weighted by Gasteiger charge is 2.59. The molecular weight excluding hydrogens is 402 g/mol. The zero-order valence-corrected chi connectivity index (χ0v) is 18.5. The zero-order chi connectivity index (χ0) is 22.0. The Morgan fingerprint density at radius 2 is 1.90 bits per heavy atom. The fourth-order valence-corrected chi connectivity index (χ4v) is 8.29. The zero-order valence-electron chi connectivity index (χ0n) is 18.5. The van der Waals surface area contributed by atoms with Gasteiger partial charge in [-0.3, -0.25) is 4.79 Å². The Labute approximate surface area is 182 Å². The predicted octanol–water partition coefficient (Wildman–Crippen LogP) is 3.82. The molecule has 1 heterocycles. The molecule has 1 N–H and O–H groups in total. The number of halogens is 2. The van der Waals surface area contributed by atoms with Gasteiger partial charge < -0.3 is 5.11 Å². The number of alkyl halides is 2. The standard InChI is InChI=1S/C23H34F2N4O2/c1-13-26-27-28-29(13)12-20(30)19-6-5-18-17-4-3-14-11-23(31,21(24)25)10-8-15(14)16(17)7-9-22(18,19)2/h14-19,21,31H,3-12H2,1-2H3/t14-,15?,16-,17-,18+,19-,22+,23-/m1/s1. The molecule has 0 spiro atoms. The summed E-state index contributed by atoms with van der Waals surface area (Å²) in [6, 6.07) is 0. The SMILES string of the molecule is Cc1nnnn1CC(=O)[C@H]1CC[C@H]2[C@@H]3CC[C@@H]4C[C@@](O)(C(F)F)CCC4[C@H]3CC[C@]12C. The van der Waals surface area contributed by atoms with Crippen molar-refractivity contribution in [1.82, 2.24) is 20.2 Å². The molecule has 1 aromatic heterocycles. The molecule has 0 bridgehead atoms. The van der Waals surface area contributed by atoms with Gasteiger partial charge in [-0.25, -0.2) is 13.5 Å². The number of tetrazole rings is 1. The molecule has 172 valence electrons. The average molecular weight is 437 g/mol. The fourth-order valence-electron chi connectivity index (χ4n) is 8.29. The van der Waals surface area contributed by atoms with E-state index in [2.05, 4.69) is 22.4 Å². The predicted molar refractivity (Wildman–Crippen MR) is 109 cm³/mol. The molecule has 4 aliphatic carbocycles. The van der Waals surface area contributed by atoms with Crippen LogP contribution in [0, 0.1) is 47.8 Å². The van der Waals surface area contributed by atoms with E-state index in [0.29, 0.717) is 29.5 Å². The van der Waals surface area contributed by atoms with Crippen LogP contribution in [0.25, 0.3) is 0 Å². The highest BCUT2D eigenvalue weighted by molar-refractivity contribution is 5.82. The second-order valence-electron chi connectivity index (χ2n) is 11.1. The number of hydrogen-bond donors (Lipinski definition) is 1. The highest BCUT2D eigenvalue weighted by atomic mass is 19.3. The van der Waals surface area contributed by atoms with Crippen LogP contribution in [-0.4, -0.2) is 43.1 Å². The van der Waals surface area contributed by atoms with Gasteiger partial charge in [0.05, 0.1) is 0 Å². The van der Waals surface area contributed by atoms with Crippen LogP contribution in [0.2, 0.25) is 0 Å². The first kappa shape index (κ1) is 21.4. The second kappa shape index (κ2) is 7.56. The molecule has 0 amide bonds. The minimum Gasteiger partial charge on any atom is -0.384 e. The Hall–Kier alpha value is -1.44.